The lowest BCUT2D eigenvalue weighted by Crippen LogP contribution is -2.45. The molecule has 0 bridgehead atoms. The van der Waals surface area contributed by atoms with Gasteiger partial charge in [0.2, 0.25) is 11.8 Å². The summed E-state index contributed by atoms with van der Waals surface area (Å²) >= 11 is 0. The van der Waals surface area contributed by atoms with Gasteiger partial charge >= 0.3 is 12.1 Å². The third kappa shape index (κ3) is 10.1. The summed E-state index contributed by atoms with van der Waals surface area (Å²) < 4.78 is 19.8. The lowest BCUT2D eigenvalue weighted by Gasteiger charge is -2.45. The van der Waals surface area contributed by atoms with Crippen LogP contribution in [0.4, 0.5) is 16.2 Å². The molecule has 56 heavy (non-hydrogen) atoms. The van der Waals surface area contributed by atoms with Crippen molar-refractivity contribution in [3.8, 4) is 23.0 Å². The maximum Gasteiger partial charge on any atom is 0.416 e. The Morgan fingerprint density at radius 3 is 2.36 bits per heavy atom. The molecule has 0 spiro atoms. The van der Waals surface area contributed by atoms with Gasteiger partial charge in [0.15, 0.2) is 11.5 Å². The van der Waals surface area contributed by atoms with Crippen LogP contribution in [0.1, 0.15) is 105 Å². The van der Waals surface area contributed by atoms with Gasteiger partial charge in [-0.2, -0.15) is 0 Å². The number of rotatable bonds is 14. The number of aromatic nitrogens is 3. The number of hydrogen-bond donors (Lipinski definition) is 2. The van der Waals surface area contributed by atoms with E-state index in [0.29, 0.717) is 29.5 Å². The van der Waals surface area contributed by atoms with Crippen LogP contribution in [-0.2, 0) is 9.53 Å². The first-order valence-electron chi connectivity index (χ1n) is 19.5. The second-order valence-electron chi connectivity index (χ2n) is 17.2. The monoisotopic (exact) mass is 768 g/mol. The molecule has 1 fully saturated rings. The van der Waals surface area contributed by atoms with Crippen LogP contribution in [0.15, 0.2) is 55.2 Å². The number of aromatic amines is 1. The number of esters is 1. The summed E-state index contributed by atoms with van der Waals surface area (Å²) in [5.41, 5.74) is 0.976. The van der Waals surface area contributed by atoms with Gasteiger partial charge < -0.3 is 24.4 Å². The molecule has 0 saturated heterocycles. The average molecular weight is 769 g/mol. The molecule has 3 aromatic rings. The highest BCUT2D eigenvalue weighted by Gasteiger charge is 2.44. The van der Waals surface area contributed by atoms with E-state index in [1.54, 1.807) is 30.4 Å². The van der Waals surface area contributed by atoms with Crippen LogP contribution in [0, 0.1) is 35.2 Å². The quantitative estimate of drug-likeness (QED) is 0.0722. The van der Waals surface area contributed by atoms with E-state index in [-0.39, 0.29) is 64.8 Å². The first kappa shape index (κ1) is 43.4. The summed E-state index contributed by atoms with van der Waals surface area (Å²) in [4.78, 5) is 51.2. The Kier molecular flexibility index (Phi) is 14.0. The smallest absolute Gasteiger partial charge is 0.416 e. The second-order valence-corrected chi connectivity index (χ2v) is 17.2. The van der Waals surface area contributed by atoms with Gasteiger partial charge in [-0.1, -0.05) is 85.6 Å². The molecule has 1 aromatic carbocycles. The lowest BCUT2D eigenvalue weighted by molar-refractivity contribution is -0.123. The van der Waals surface area contributed by atoms with Crippen LogP contribution in [0.5, 0.6) is 11.6 Å². The molecule has 2 amide bonds. The van der Waals surface area contributed by atoms with Gasteiger partial charge in [-0.15, -0.1) is 13.2 Å². The number of nitrogens with one attached hydrogen (secondary N) is 2. The van der Waals surface area contributed by atoms with Crippen LogP contribution >= 0.6 is 0 Å². The van der Waals surface area contributed by atoms with Gasteiger partial charge in [-0.3, -0.25) is 9.89 Å². The molecular weight excluding hydrogens is 709 g/mol. The molecule has 302 valence electrons. The molecule has 1 aliphatic rings. The van der Waals surface area contributed by atoms with E-state index in [0.717, 1.165) is 31.3 Å². The minimum Gasteiger partial charge on any atom is -0.491 e. The topological polar surface area (TPSA) is 132 Å². The molecular formula is C44H60N6O6. The largest absolute Gasteiger partial charge is 0.491 e. The number of amides is 2. The van der Waals surface area contributed by atoms with E-state index in [4.69, 9.17) is 25.8 Å². The van der Waals surface area contributed by atoms with Crippen molar-refractivity contribution >= 4 is 35.0 Å². The Labute approximate surface area is 332 Å². The molecule has 0 radical (unpaired) electrons. The molecule has 4 rings (SSSR count). The number of hydrogen-bond acceptors (Lipinski definition) is 7. The third-order valence-corrected chi connectivity index (χ3v) is 9.96. The van der Waals surface area contributed by atoms with E-state index in [1.165, 1.54) is 9.42 Å². The van der Waals surface area contributed by atoms with Crippen molar-refractivity contribution < 1.29 is 28.6 Å². The van der Waals surface area contributed by atoms with Crippen molar-refractivity contribution in [2.24, 2.45) is 28.6 Å². The van der Waals surface area contributed by atoms with Crippen molar-refractivity contribution in [3.05, 3.63) is 72.1 Å². The fourth-order valence-corrected chi connectivity index (χ4v) is 7.06. The summed E-state index contributed by atoms with van der Waals surface area (Å²) in [7, 11) is 0. The third-order valence-electron chi connectivity index (χ3n) is 9.96. The van der Waals surface area contributed by atoms with Gasteiger partial charge in [0, 0.05) is 35.9 Å². The van der Waals surface area contributed by atoms with Crippen LogP contribution in [0.25, 0.3) is 21.9 Å². The number of allylic oxidation sites excluding steroid dienone is 1. The van der Waals surface area contributed by atoms with Gasteiger partial charge in [0.05, 0.1) is 18.9 Å². The summed E-state index contributed by atoms with van der Waals surface area (Å²) in [6, 6.07) is 5.27. The van der Waals surface area contributed by atoms with E-state index in [9.17, 15) is 14.4 Å². The molecule has 1 saturated carbocycles. The van der Waals surface area contributed by atoms with Crippen LogP contribution in [-0.4, -0.2) is 63.3 Å². The van der Waals surface area contributed by atoms with Gasteiger partial charge in [0.25, 0.3) is 5.69 Å². The molecule has 12 nitrogen and oxygen atoms in total. The number of nitrogens with zero attached hydrogens (tertiary/aromatic N) is 4. The fourth-order valence-electron chi connectivity index (χ4n) is 7.06. The van der Waals surface area contributed by atoms with Crippen LogP contribution in [0.3, 0.4) is 0 Å². The zero-order valence-corrected chi connectivity index (χ0v) is 34.9. The zero-order valence-electron chi connectivity index (χ0n) is 34.9. The molecule has 12 heteroatoms. The van der Waals surface area contributed by atoms with Crippen LogP contribution in [0.2, 0.25) is 0 Å². The SMILES string of the molecule is [C-]#[N+]c1c(C(=O)OC2C(C=C(C)C)CC(C)CC2C(C)(C)C)c2nc(-c3ccc(OCCCC)c(NC(=O)C(C)(C)C)c3)[nH]n2c1OC(=O)N(CC=C)CC=C. The zero-order chi connectivity index (χ0) is 41.5. The normalized spacial score (nSPS) is 18.4. The lowest BCUT2D eigenvalue weighted by atomic mass is 9.64. The fraction of sp³-hybridized carbons (Fsp3) is 0.523. The van der Waals surface area contributed by atoms with E-state index >= 15 is 0 Å². The summed E-state index contributed by atoms with van der Waals surface area (Å²) in [5.74, 6) is 0.0434. The average Bonchev–Trinajstić information content (AvgIpc) is 3.66. The molecule has 4 unspecified atom stereocenters. The van der Waals surface area contributed by atoms with Crippen molar-refractivity contribution in [1.29, 1.82) is 0 Å². The number of H-pyrrole nitrogens is 1. The van der Waals surface area contributed by atoms with Crippen LogP contribution < -0.4 is 14.8 Å². The molecule has 2 heterocycles. The first-order valence-corrected chi connectivity index (χ1v) is 19.5. The van der Waals surface area contributed by atoms with Crippen molar-refractivity contribution in [1.82, 2.24) is 19.5 Å². The molecule has 2 aromatic heterocycles. The standard InChI is InChI=1S/C44H60N6O6/c1-14-17-22-54-33-19-18-29(26-32(33)46-41(52)44(10,11)12)37-47-38-34(35(45-13)39(50(38)48-37)56-42(53)49(20-15-2)21-16-3)40(51)55-36-30(23-27(4)5)24-28(6)25-31(36)43(7,8)9/h15-16,18-19,23,26,28,30-31,36H,2-3,14,17,20-22,24-25H2,1,4-12H3,(H,46,52)(H,47,48). The minimum absolute atomic E-state index is 0.0310. The number of ether oxygens (including phenoxy) is 3. The highest BCUT2D eigenvalue weighted by Crippen LogP contribution is 2.47. The van der Waals surface area contributed by atoms with E-state index in [2.05, 4.69) is 69.1 Å². The van der Waals surface area contributed by atoms with Crippen molar-refractivity contribution in [3.63, 3.8) is 0 Å². The number of anilines is 1. The van der Waals surface area contributed by atoms with Gasteiger partial charge in [0.1, 0.15) is 17.4 Å². The van der Waals surface area contributed by atoms with E-state index < -0.39 is 23.6 Å². The number of fused-ring (bicyclic) bond motifs is 1. The van der Waals surface area contributed by atoms with E-state index in [1.807, 2.05) is 34.6 Å². The highest BCUT2D eigenvalue weighted by molar-refractivity contribution is 6.05. The predicted octanol–water partition coefficient (Wildman–Crippen LogP) is 10.4. The number of benzene rings is 1. The summed E-state index contributed by atoms with van der Waals surface area (Å²) in [6.45, 7) is 36.8. The summed E-state index contributed by atoms with van der Waals surface area (Å²) in [6.07, 6.45) is 7.53. The Morgan fingerprint density at radius 1 is 1.11 bits per heavy atom. The molecule has 0 aliphatic heterocycles. The number of carbonyl (C=O) groups is 3. The molecule has 4 atom stereocenters. The molecule has 2 N–H and O–H groups in total. The highest BCUT2D eigenvalue weighted by atomic mass is 16.6. The Balaban J connectivity index is 1.91. The Hall–Kier alpha value is -5.31. The van der Waals surface area contributed by atoms with Crippen molar-refractivity contribution in [2.75, 3.05) is 25.0 Å². The Bertz CT molecular complexity index is 1990. The minimum atomic E-state index is -0.774. The first-order chi connectivity index (χ1) is 26.3. The van der Waals surface area contributed by atoms with Crippen molar-refractivity contribution in [2.45, 2.75) is 101 Å². The number of carbonyl (C=O) groups excluding carboxylic acids is 3. The van der Waals surface area contributed by atoms with Gasteiger partial charge in [-0.05, 0) is 62.6 Å². The maximum absolute atomic E-state index is 14.6. The predicted molar refractivity (Wildman–Crippen MR) is 221 cm³/mol. The summed E-state index contributed by atoms with van der Waals surface area (Å²) in [5, 5.41) is 6.15. The molecule has 1 aliphatic carbocycles. The Morgan fingerprint density at radius 2 is 1.79 bits per heavy atom. The van der Waals surface area contributed by atoms with Gasteiger partial charge in [-0.25, -0.2) is 23.9 Å². The maximum atomic E-state index is 14.6. The number of unbranched alkanes of at least 4 members (excludes halogenated alkanes) is 1. The second kappa shape index (κ2) is 18.1.